The molecule has 0 saturated carbocycles. The van der Waals surface area contributed by atoms with Crippen LogP contribution in [0, 0.1) is 6.92 Å². The lowest BCUT2D eigenvalue weighted by Gasteiger charge is -2.16. The quantitative estimate of drug-likeness (QED) is 0.803. The monoisotopic (exact) mass is 219 g/mol. The van der Waals surface area contributed by atoms with Crippen LogP contribution in [-0.2, 0) is 0 Å². The predicted molar refractivity (Wildman–Crippen MR) is 50.4 cm³/mol. The zero-order valence-electron chi connectivity index (χ0n) is 8.17. The van der Waals surface area contributed by atoms with E-state index in [4.69, 9.17) is 5.73 Å². The van der Waals surface area contributed by atoms with E-state index in [0.717, 1.165) is 0 Å². The summed E-state index contributed by atoms with van der Waals surface area (Å²) >= 11 is 0. The molecule has 1 rings (SSSR count). The molecule has 0 saturated heterocycles. The van der Waals surface area contributed by atoms with E-state index in [1.807, 2.05) is 0 Å². The Bertz CT molecular complexity index is 349. The van der Waals surface area contributed by atoms with Gasteiger partial charge >= 0.3 is 6.18 Å². The van der Waals surface area contributed by atoms with Crippen LogP contribution in [0.25, 0.3) is 0 Å². The van der Waals surface area contributed by atoms with Crippen LogP contribution in [0.4, 0.5) is 13.2 Å². The van der Waals surface area contributed by atoms with Gasteiger partial charge in [-0.2, -0.15) is 13.2 Å². The Kier molecular flexibility index (Phi) is 3.24. The predicted octanol–water partition coefficient (Wildman–Crippen LogP) is 2.65. The Labute approximate surface area is 85.5 Å². The minimum absolute atomic E-state index is 0.132. The van der Waals surface area contributed by atoms with Gasteiger partial charge < -0.3 is 10.8 Å². The fourth-order valence-electron chi connectivity index (χ4n) is 1.34. The first-order valence-corrected chi connectivity index (χ1v) is 4.42. The molecule has 0 unspecified atom stereocenters. The van der Waals surface area contributed by atoms with E-state index >= 15 is 0 Å². The van der Waals surface area contributed by atoms with Crippen molar-refractivity contribution < 1.29 is 18.3 Å². The first kappa shape index (κ1) is 11.8. The van der Waals surface area contributed by atoms with Crippen molar-refractivity contribution in [1.82, 2.24) is 0 Å². The highest BCUT2D eigenvalue weighted by atomic mass is 19.4. The van der Waals surface area contributed by atoms with Crippen LogP contribution in [0.2, 0.25) is 0 Å². The average molecular weight is 219 g/mol. The first-order chi connectivity index (χ1) is 6.81. The van der Waals surface area contributed by atoms with Gasteiger partial charge in [0.2, 0.25) is 0 Å². The van der Waals surface area contributed by atoms with Crippen molar-refractivity contribution >= 4 is 0 Å². The average Bonchev–Trinajstić information content (AvgIpc) is 2.06. The molecule has 0 aliphatic rings. The van der Waals surface area contributed by atoms with Gasteiger partial charge in [-0.3, -0.25) is 0 Å². The Morgan fingerprint density at radius 2 is 2.00 bits per heavy atom. The molecule has 0 radical (unpaired) electrons. The van der Waals surface area contributed by atoms with Gasteiger partial charge in [0, 0.05) is 11.6 Å². The summed E-state index contributed by atoms with van der Waals surface area (Å²) < 4.78 is 36.2. The summed E-state index contributed by atoms with van der Waals surface area (Å²) in [5, 5.41) is 9.52. The molecule has 0 fully saturated rings. The number of alkyl halides is 3. The highest BCUT2D eigenvalue weighted by molar-refractivity contribution is 5.41. The lowest BCUT2D eigenvalue weighted by Crippen LogP contribution is -2.20. The van der Waals surface area contributed by atoms with Crippen molar-refractivity contribution in [2.45, 2.75) is 25.6 Å². The summed E-state index contributed by atoms with van der Waals surface area (Å²) in [4.78, 5) is 0. The molecule has 0 spiro atoms. The number of benzene rings is 1. The number of hydrogen-bond acceptors (Lipinski definition) is 2. The SMILES string of the molecule is Cc1cccc([C@@H](N)CC(F)(F)F)c1O. The Morgan fingerprint density at radius 1 is 1.40 bits per heavy atom. The van der Waals surface area contributed by atoms with Gasteiger partial charge in [0.15, 0.2) is 0 Å². The molecule has 2 nitrogen and oxygen atoms in total. The topological polar surface area (TPSA) is 46.2 Å². The van der Waals surface area contributed by atoms with E-state index < -0.39 is 18.6 Å². The van der Waals surface area contributed by atoms with Gasteiger partial charge in [0.05, 0.1) is 6.42 Å². The van der Waals surface area contributed by atoms with Crippen LogP contribution >= 0.6 is 0 Å². The van der Waals surface area contributed by atoms with Gasteiger partial charge in [-0.05, 0) is 12.5 Å². The number of phenolic OH excluding ortho intramolecular Hbond substituents is 1. The van der Waals surface area contributed by atoms with Gasteiger partial charge in [0.1, 0.15) is 5.75 Å². The number of aromatic hydroxyl groups is 1. The van der Waals surface area contributed by atoms with Crippen molar-refractivity contribution in [2.24, 2.45) is 5.73 Å². The van der Waals surface area contributed by atoms with E-state index in [0.29, 0.717) is 5.56 Å². The maximum Gasteiger partial charge on any atom is 0.390 e. The van der Waals surface area contributed by atoms with Crippen LogP contribution in [-0.4, -0.2) is 11.3 Å². The number of phenols is 1. The Balaban J connectivity index is 2.92. The highest BCUT2D eigenvalue weighted by Crippen LogP contribution is 2.33. The minimum Gasteiger partial charge on any atom is -0.507 e. The Hall–Kier alpha value is -1.23. The molecule has 0 aliphatic heterocycles. The van der Waals surface area contributed by atoms with E-state index in [1.165, 1.54) is 6.07 Å². The van der Waals surface area contributed by atoms with Crippen LogP contribution in [0.15, 0.2) is 18.2 Å². The maximum absolute atomic E-state index is 12.1. The van der Waals surface area contributed by atoms with E-state index in [1.54, 1.807) is 19.1 Å². The van der Waals surface area contributed by atoms with Gasteiger partial charge in [-0.25, -0.2) is 0 Å². The summed E-state index contributed by atoms with van der Waals surface area (Å²) in [6.07, 6.45) is -5.46. The third kappa shape index (κ3) is 3.13. The van der Waals surface area contributed by atoms with Crippen molar-refractivity contribution in [2.75, 3.05) is 0 Å². The second kappa shape index (κ2) is 4.10. The zero-order chi connectivity index (χ0) is 11.6. The number of para-hydroxylation sites is 1. The number of halogens is 3. The fourth-order valence-corrected chi connectivity index (χ4v) is 1.34. The summed E-state index contributed by atoms with van der Waals surface area (Å²) in [5.41, 5.74) is 6.02. The number of hydrogen-bond donors (Lipinski definition) is 2. The molecule has 1 aromatic carbocycles. The van der Waals surface area contributed by atoms with Crippen molar-refractivity contribution in [3.05, 3.63) is 29.3 Å². The summed E-state index contributed by atoms with van der Waals surface area (Å²) in [7, 11) is 0. The smallest absolute Gasteiger partial charge is 0.390 e. The lowest BCUT2D eigenvalue weighted by molar-refractivity contribution is -0.138. The highest BCUT2D eigenvalue weighted by Gasteiger charge is 2.31. The first-order valence-electron chi connectivity index (χ1n) is 4.42. The molecule has 5 heteroatoms. The number of rotatable bonds is 2. The minimum atomic E-state index is -4.32. The van der Waals surface area contributed by atoms with Crippen LogP contribution in [0.3, 0.4) is 0 Å². The van der Waals surface area contributed by atoms with Crippen LogP contribution in [0.5, 0.6) is 5.75 Å². The molecule has 0 aliphatic carbocycles. The molecule has 15 heavy (non-hydrogen) atoms. The third-order valence-corrected chi connectivity index (χ3v) is 2.12. The molecule has 0 heterocycles. The van der Waals surface area contributed by atoms with E-state index in [-0.39, 0.29) is 11.3 Å². The number of nitrogens with two attached hydrogens (primary N) is 1. The van der Waals surface area contributed by atoms with Crippen molar-refractivity contribution in [1.29, 1.82) is 0 Å². The van der Waals surface area contributed by atoms with Gasteiger partial charge in [0.25, 0.3) is 0 Å². The number of aryl methyl sites for hydroxylation is 1. The summed E-state index contributed by atoms with van der Waals surface area (Å²) in [6, 6.07) is 3.36. The van der Waals surface area contributed by atoms with E-state index in [2.05, 4.69) is 0 Å². The molecule has 0 bridgehead atoms. The maximum atomic E-state index is 12.1. The largest absolute Gasteiger partial charge is 0.507 e. The molecular formula is C10H12F3NO. The second-order valence-corrected chi connectivity index (χ2v) is 3.44. The zero-order valence-corrected chi connectivity index (χ0v) is 8.17. The molecule has 0 amide bonds. The third-order valence-electron chi connectivity index (χ3n) is 2.12. The summed E-state index contributed by atoms with van der Waals surface area (Å²) in [6.45, 7) is 1.61. The standard InChI is InChI=1S/C10H12F3NO/c1-6-3-2-4-7(9(6)15)8(14)5-10(11,12)13/h2-4,8,15H,5,14H2,1H3/t8-/m0/s1. The van der Waals surface area contributed by atoms with Crippen molar-refractivity contribution in [3.8, 4) is 5.75 Å². The molecular weight excluding hydrogens is 207 g/mol. The van der Waals surface area contributed by atoms with E-state index in [9.17, 15) is 18.3 Å². The lowest BCUT2D eigenvalue weighted by atomic mass is 10.0. The second-order valence-electron chi connectivity index (χ2n) is 3.44. The van der Waals surface area contributed by atoms with Gasteiger partial charge in [-0.15, -0.1) is 0 Å². The molecule has 1 aromatic rings. The van der Waals surface area contributed by atoms with Gasteiger partial charge in [-0.1, -0.05) is 18.2 Å². The molecule has 84 valence electrons. The molecule has 1 atom stereocenters. The summed E-state index contributed by atoms with van der Waals surface area (Å²) in [5.74, 6) is -0.158. The van der Waals surface area contributed by atoms with Crippen LogP contribution in [0.1, 0.15) is 23.6 Å². The molecule has 0 aromatic heterocycles. The van der Waals surface area contributed by atoms with Crippen LogP contribution < -0.4 is 5.73 Å². The molecule has 3 N–H and O–H groups in total. The Morgan fingerprint density at radius 3 is 2.53 bits per heavy atom. The van der Waals surface area contributed by atoms with Crippen molar-refractivity contribution in [3.63, 3.8) is 0 Å². The fraction of sp³-hybridized carbons (Fsp3) is 0.400. The normalized spacial score (nSPS) is 13.9.